The largest absolute Gasteiger partial charge is 0.480 e. The van der Waals surface area contributed by atoms with E-state index in [9.17, 15) is 73.5 Å². The lowest BCUT2D eigenvalue weighted by Gasteiger charge is -2.34. The zero-order valence-electron chi connectivity index (χ0n) is 42.6. The van der Waals surface area contributed by atoms with Gasteiger partial charge in [-0.15, -0.1) is 0 Å². The van der Waals surface area contributed by atoms with Gasteiger partial charge in [0, 0.05) is 90.4 Å². The van der Waals surface area contributed by atoms with E-state index in [0.717, 1.165) is 27.5 Å². The monoisotopic (exact) mass is 1060 g/mol. The summed E-state index contributed by atoms with van der Waals surface area (Å²) in [5.74, 6) is -7.36. The summed E-state index contributed by atoms with van der Waals surface area (Å²) in [5.41, 5.74) is 2.73. The number of Topliss-reactive ketones (excluding diaryl/α,β-unsaturated/α-hetero) is 1. The molecule has 0 saturated carbocycles. The van der Waals surface area contributed by atoms with E-state index in [2.05, 4.69) is 21.3 Å². The van der Waals surface area contributed by atoms with Gasteiger partial charge in [0.15, 0.2) is 0 Å². The Morgan fingerprint density at radius 3 is 1.63 bits per heavy atom. The van der Waals surface area contributed by atoms with Crippen molar-refractivity contribution in [2.45, 2.75) is 76.5 Å². The molecule has 1 saturated heterocycles. The maximum absolute atomic E-state index is 14.0. The van der Waals surface area contributed by atoms with Crippen LogP contribution in [0.4, 0.5) is 4.79 Å². The minimum atomic E-state index is -1.40. The molecular weight excluding hydrogens is 991 g/mol. The van der Waals surface area contributed by atoms with Gasteiger partial charge >= 0.3 is 35.9 Å². The smallest absolute Gasteiger partial charge is 0.326 e. The average Bonchev–Trinajstić information content (AvgIpc) is 3.36. The first-order valence-corrected chi connectivity index (χ1v) is 25.3. The number of benzene rings is 3. The predicted octanol–water partition coefficient (Wildman–Crippen LogP) is 0.402. The molecule has 3 aromatic carbocycles. The molecule has 2 heterocycles. The number of urea groups is 1. The lowest BCUT2D eigenvalue weighted by atomic mass is 9.96. The molecule has 0 radical (unpaired) electrons. The van der Waals surface area contributed by atoms with E-state index in [1.165, 1.54) is 6.92 Å². The van der Waals surface area contributed by atoms with Gasteiger partial charge in [-0.2, -0.15) is 0 Å². The Bertz CT molecular complexity index is 2550. The standard InChI is InChI=1S/C52H69N9O15/c1-34(62)9-14-42(51(74)75)56-52(76)55-41(50(72)73)8-4-5-16-53-49(71)43(27-35-10-11-36-6-2-3-7-37(36)26-35)54-48(70)39-12-13-40-29-61(17-15-38(40)28-39)44(63)30-57-18-20-58(31-45(64)65)22-24-60(33-47(68)69)25-23-59(21-19-57)32-46(66)67/h2-3,6-7,10-13,26,28,41-43H,4-5,8-9,14-25,27,29-33H2,1H3,(H,53,71)(H,54,70)(H,64,65)(H,66,67)(H,68,69)(H,72,73)(H,74,75)(H2,55,56,76)/t41-,42-,43-/m0/s1. The molecule has 24 nitrogen and oxygen atoms in total. The van der Waals surface area contributed by atoms with Crippen molar-refractivity contribution < 1.29 is 73.5 Å². The molecule has 2 aliphatic rings. The van der Waals surface area contributed by atoms with E-state index in [0.29, 0.717) is 38.0 Å². The van der Waals surface area contributed by atoms with Crippen LogP contribution in [-0.4, -0.2) is 219 Å². The van der Waals surface area contributed by atoms with Crippen molar-refractivity contribution in [1.82, 2.24) is 45.8 Å². The molecule has 9 N–H and O–H groups in total. The predicted molar refractivity (Wildman–Crippen MR) is 274 cm³/mol. The minimum Gasteiger partial charge on any atom is -0.480 e. The van der Waals surface area contributed by atoms with Gasteiger partial charge in [0.25, 0.3) is 5.91 Å². The van der Waals surface area contributed by atoms with Crippen LogP contribution in [0.3, 0.4) is 0 Å². The molecule has 3 aromatic rings. The lowest BCUT2D eigenvalue weighted by molar-refractivity contribution is -0.141. The highest BCUT2D eigenvalue weighted by atomic mass is 16.4. The number of fused-ring (bicyclic) bond motifs is 2. The summed E-state index contributed by atoms with van der Waals surface area (Å²) >= 11 is 0. The van der Waals surface area contributed by atoms with Crippen LogP contribution in [-0.2, 0) is 57.7 Å². The van der Waals surface area contributed by atoms with Crippen LogP contribution in [0.1, 0.15) is 66.1 Å². The highest BCUT2D eigenvalue weighted by Crippen LogP contribution is 2.22. The van der Waals surface area contributed by atoms with Gasteiger partial charge in [-0.3, -0.25) is 48.4 Å². The molecule has 2 aliphatic heterocycles. The first-order valence-electron chi connectivity index (χ1n) is 25.3. The molecule has 76 heavy (non-hydrogen) atoms. The van der Waals surface area contributed by atoms with E-state index in [-0.39, 0.29) is 122 Å². The second kappa shape index (κ2) is 29.5. The fourth-order valence-electron chi connectivity index (χ4n) is 9.06. The first-order chi connectivity index (χ1) is 36.2. The maximum atomic E-state index is 14.0. The van der Waals surface area contributed by atoms with Crippen molar-refractivity contribution in [2.24, 2.45) is 0 Å². The highest BCUT2D eigenvalue weighted by Gasteiger charge is 2.29. The Morgan fingerprint density at radius 2 is 1.09 bits per heavy atom. The summed E-state index contributed by atoms with van der Waals surface area (Å²) in [6.07, 6.45) is 0.771. The summed E-state index contributed by atoms with van der Waals surface area (Å²) < 4.78 is 0. The van der Waals surface area contributed by atoms with Crippen molar-refractivity contribution in [3.8, 4) is 0 Å². The summed E-state index contributed by atoms with van der Waals surface area (Å²) in [6.45, 7) is 3.17. The van der Waals surface area contributed by atoms with E-state index >= 15 is 0 Å². The lowest BCUT2D eigenvalue weighted by Crippen LogP contribution is -2.51. The minimum absolute atomic E-state index is 0.0243. The van der Waals surface area contributed by atoms with Crippen LogP contribution in [0.25, 0.3) is 10.8 Å². The number of rotatable bonds is 25. The number of amides is 5. The molecule has 412 valence electrons. The Hall–Kier alpha value is -7.54. The molecule has 3 atom stereocenters. The quantitative estimate of drug-likeness (QED) is 0.0519. The van der Waals surface area contributed by atoms with Crippen molar-refractivity contribution in [3.63, 3.8) is 0 Å². The number of ketones is 1. The third-order valence-corrected chi connectivity index (χ3v) is 13.3. The fourth-order valence-corrected chi connectivity index (χ4v) is 9.06. The molecule has 0 bridgehead atoms. The third kappa shape index (κ3) is 20.0. The van der Waals surface area contributed by atoms with Crippen LogP contribution in [0, 0.1) is 0 Å². The number of carbonyl (C=O) groups is 10. The summed E-state index contributed by atoms with van der Waals surface area (Å²) in [4.78, 5) is 133. The zero-order chi connectivity index (χ0) is 55.3. The van der Waals surface area contributed by atoms with E-state index in [1.54, 1.807) is 37.8 Å². The zero-order valence-corrected chi connectivity index (χ0v) is 42.6. The van der Waals surface area contributed by atoms with Gasteiger partial charge in [-0.05, 0) is 78.6 Å². The van der Waals surface area contributed by atoms with Crippen molar-refractivity contribution in [1.29, 1.82) is 0 Å². The van der Waals surface area contributed by atoms with Crippen LogP contribution < -0.4 is 21.3 Å². The van der Waals surface area contributed by atoms with E-state index < -0.39 is 65.8 Å². The van der Waals surface area contributed by atoms with E-state index in [4.69, 9.17) is 0 Å². The molecule has 5 amide bonds. The normalized spacial score (nSPS) is 16.4. The second-order valence-electron chi connectivity index (χ2n) is 19.2. The summed E-state index contributed by atoms with van der Waals surface area (Å²) in [6, 6.07) is 13.7. The Labute approximate surface area is 439 Å². The SMILES string of the molecule is CC(=O)CC[C@H](NC(=O)N[C@@H](CCCCNC(=O)[C@H](Cc1ccc2ccccc2c1)NC(=O)c1ccc2c(c1)CCN(C(=O)CN1CCN(CC(=O)O)CCN(CC(=O)O)CCN(CC(=O)O)CC1)C2)C(=O)O)C(=O)O. The first kappa shape index (κ1) is 59.3. The van der Waals surface area contributed by atoms with E-state index in [1.807, 2.05) is 47.4 Å². The van der Waals surface area contributed by atoms with Crippen molar-refractivity contribution in [2.75, 3.05) is 91.6 Å². The van der Waals surface area contributed by atoms with Gasteiger partial charge < -0.3 is 56.5 Å². The molecule has 5 rings (SSSR count). The van der Waals surface area contributed by atoms with Crippen molar-refractivity contribution >= 4 is 70.2 Å². The van der Waals surface area contributed by atoms with Crippen LogP contribution in [0.15, 0.2) is 60.7 Å². The number of hydrogen-bond donors (Lipinski definition) is 9. The molecule has 1 fully saturated rings. The summed E-state index contributed by atoms with van der Waals surface area (Å²) in [5, 5.41) is 59.9. The molecule has 0 spiro atoms. The van der Waals surface area contributed by atoms with Gasteiger partial charge in [0.2, 0.25) is 11.8 Å². The van der Waals surface area contributed by atoms with Crippen LogP contribution in [0.5, 0.6) is 0 Å². The summed E-state index contributed by atoms with van der Waals surface area (Å²) in [7, 11) is 0. The Morgan fingerprint density at radius 1 is 0.553 bits per heavy atom. The molecule has 0 aliphatic carbocycles. The molecule has 0 unspecified atom stereocenters. The molecular formula is C52H69N9O15. The number of aliphatic carboxylic acids is 5. The Balaban J connectivity index is 1.21. The fraction of sp³-hybridized carbons (Fsp3) is 0.500. The van der Waals surface area contributed by atoms with Gasteiger partial charge in [-0.1, -0.05) is 48.5 Å². The topological polar surface area (TPSA) is 336 Å². The average molecular weight is 1060 g/mol. The maximum Gasteiger partial charge on any atom is 0.326 e. The second-order valence-corrected chi connectivity index (χ2v) is 19.2. The number of carboxylic acids is 5. The van der Waals surface area contributed by atoms with Crippen LogP contribution >= 0.6 is 0 Å². The molecule has 24 heteroatoms. The number of carbonyl (C=O) groups excluding carboxylic acids is 5. The number of carboxylic acid groups (broad SMARTS) is 5. The number of nitrogens with zero attached hydrogens (tertiary/aromatic N) is 5. The number of unbranched alkanes of at least 4 members (excludes halogenated alkanes) is 1. The third-order valence-electron chi connectivity index (χ3n) is 13.3. The van der Waals surface area contributed by atoms with Crippen molar-refractivity contribution in [3.05, 3.63) is 82.9 Å². The molecule has 0 aromatic heterocycles. The highest BCUT2D eigenvalue weighted by molar-refractivity contribution is 5.98. The van der Waals surface area contributed by atoms with Gasteiger partial charge in [0.1, 0.15) is 23.9 Å². The van der Waals surface area contributed by atoms with Crippen LogP contribution in [0.2, 0.25) is 0 Å². The Kier molecular flexibility index (Phi) is 23.1. The van der Waals surface area contributed by atoms with Gasteiger partial charge in [0.05, 0.1) is 26.2 Å². The van der Waals surface area contributed by atoms with Gasteiger partial charge in [-0.25, -0.2) is 14.4 Å². The number of nitrogens with one attached hydrogen (secondary N) is 4. The number of hydrogen-bond acceptors (Lipinski definition) is 14.